The smallest absolute Gasteiger partial charge is 0.309 e. The Morgan fingerprint density at radius 1 is 1.50 bits per heavy atom. The zero-order valence-electron chi connectivity index (χ0n) is 11.2. The summed E-state index contributed by atoms with van der Waals surface area (Å²) < 4.78 is 5.49. The normalized spacial score (nSPS) is 39.7. The summed E-state index contributed by atoms with van der Waals surface area (Å²) in [5.74, 6) is 0.0367. The number of esters is 1. The molecule has 0 spiro atoms. The van der Waals surface area contributed by atoms with Crippen LogP contribution in [0.15, 0.2) is 23.8 Å². The molecule has 0 aromatic heterocycles. The number of rotatable bonds is 1. The van der Waals surface area contributed by atoms with Crippen molar-refractivity contribution in [2.45, 2.75) is 51.7 Å². The molecule has 2 bridgehead atoms. The molecule has 0 saturated carbocycles. The van der Waals surface area contributed by atoms with Crippen LogP contribution in [0.2, 0.25) is 0 Å². The van der Waals surface area contributed by atoms with Crippen molar-refractivity contribution in [3.63, 3.8) is 0 Å². The Morgan fingerprint density at radius 2 is 2.22 bits per heavy atom. The third-order valence-corrected chi connectivity index (χ3v) is 4.21. The van der Waals surface area contributed by atoms with E-state index in [4.69, 9.17) is 4.74 Å². The molecule has 4 atom stereocenters. The number of carbonyl (C=O) groups excluding carboxylic acids is 1. The van der Waals surface area contributed by atoms with Crippen LogP contribution >= 0.6 is 0 Å². The second kappa shape index (κ2) is 5.27. The molecule has 0 radical (unpaired) electrons. The summed E-state index contributed by atoms with van der Waals surface area (Å²) >= 11 is 0. The Kier molecular flexibility index (Phi) is 3.91. The van der Waals surface area contributed by atoms with Gasteiger partial charge in [0, 0.05) is 5.92 Å². The molecule has 1 N–H and O–H groups in total. The third kappa shape index (κ3) is 2.66. The van der Waals surface area contributed by atoms with Crippen molar-refractivity contribution in [1.29, 1.82) is 0 Å². The summed E-state index contributed by atoms with van der Waals surface area (Å²) in [7, 11) is 0. The Balaban J connectivity index is 2.24. The summed E-state index contributed by atoms with van der Waals surface area (Å²) in [5, 5.41) is 9.99. The number of hydrogen-bond donors (Lipinski definition) is 1. The molecular formula is C15H22O3. The van der Waals surface area contributed by atoms with Crippen LogP contribution in [0, 0.1) is 11.8 Å². The highest BCUT2D eigenvalue weighted by Crippen LogP contribution is 2.35. The highest BCUT2D eigenvalue weighted by Gasteiger charge is 2.39. The quantitative estimate of drug-likeness (QED) is 0.575. The maximum Gasteiger partial charge on any atom is 0.309 e. The van der Waals surface area contributed by atoms with Crippen LogP contribution in [0.1, 0.15) is 39.5 Å². The second-order valence-corrected chi connectivity index (χ2v) is 5.64. The van der Waals surface area contributed by atoms with Crippen LogP contribution in [0.25, 0.3) is 0 Å². The van der Waals surface area contributed by atoms with E-state index in [1.54, 1.807) is 0 Å². The molecule has 18 heavy (non-hydrogen) atoms. The van der Waals surface area contributed by atoms with Crippen LogP contribution in [-0.4, -0.2) is 23.3 Å². The predicted molar refractivity (Wildman–Crippen MR) is 69.9 cm³/mol. The lowest BCUT2D eigenvalue weighted by atomic mass is 9.84. The van der Waals surface area contributed by atoms with Gasteiger partial charge in [0.15, 0.2) is 0 Å². The van der Waals surface area contributed by atoms with Gasteiger partial charge in [-0.05, 0) is 45.1 Å². The minimum atomic E-state index is -0.430. The van der Waals surface area contributed by atoms with E-state index in [2.05, 4.69) is 12.7 Å². The maximum atomic E-state index is 11.8. The predicted octanol–water partition coefficient (Wildman–Crippen LogP) is 2.60. The molecular weight excluding hydrogens is 228 g/mol. The van der Waals surface area contributed by atoms with Crippen molar-refractivity contribution < 1.29 is 14.6 Å². The molecule has 3 nitrogen and oxygen atoms in total. The average molecular weight is 250 g/mol. The van der Waals surface area contributed by atoms with E-state index >= 15 is 0 Å². The van der Waals surface area contributed by atoms with E-state index in [0.717, 1.165) is 24.0 Å². The number of fused-ring (bicyclic) bond motifs is 2. The van der Waals surface area contributed by atoms with Gasteiger partial charge in [0.25, 0.3) is 0 Å². The molecule has 1 aliphatic heterocycles. The third-order valence-electron chi connectivity index (χ3n) is 4.21. The molecule has 100 valence electrons. The first kappa shape index (κ1) is 13.3. The van der Waals surface area contributed by atoms with E-state index in [-0.39, 0.29) is 23.9 Å². The van der Waals surface area contributed by atoms with Gasteiger partial charge in [-0.3, -0.25) is 4.79 Å². The minimum Gasteiger partial charge on any atom is -0.461 e. The zero-order chi connectivity index (χ0) is 13.3. The van der Waals surface area contributed by atoms with Crippen molar-refractivity contribution in [3.05, 3.63) is 23.8 Å². The first-order valence-corrected chi connectivity index (χ1v) is 6.69. The summed E-state index contributed by atoms with van der Waals surface area (Å²) in [6, 6.07) is 0. The van der Waals surface area contributed by atoms with E-state index in [0.29, 0.717) is 12.8 Å². The van der Waals surface area contributed by atoms with Crippen molar-refractivity contribution >= 4 is 5.97 Å². The fourth-order valence-electron chi connectivity index (χ4n) is 2.86. The summed E-state index contributed by atoms with van der Waals surface area (Å²) in [6.45, 7) is 7.94. The first-order valence-electron chi connectivity index (χ1n) is 6.69. The molecule has 0 aromatic carbocycles. The van der Waals surface area contributed by atoms with Gasteiger partial charge in [-0.1, -0.05) is 18.2 Å². The molecule has 2 aliphatic rings. The fraction of sp³-hybridized carbons (Fsp3) is 0.667. The van der Waals surface area contributed by atoms with Gasteiger partial charge in [0.2, 0.25) is 0 Å². The highest BCUT2D eigenvalue weighted by molar-refractivity contribution is 5.74. The maximum absolute atomic E-state index is 11.8. The highest BCUT2D eigenvalue weighted by atomic mass is 16.6. The summed E-state index contributed by atoms with van der Waals surface area (Å²) in [6.07, 6.45) is 4.53. The van der Waals surface area contributed by atoms with Crippen LogP contribution in [-0.2, 0) is 9.53 Å². The number of carbonyl (C=O) groups is 1. The Morgan fingerprint density at radius 3 is 2.89 bits per heavy atom. The van der Waals surface area contributed by atoms with E-state index in [1.807, 2.05) is 13.8 Å². The molecule has 1 heterocycles. The van der Waals surface area contributed by atoms with Crippen LogP contribution in [0.5, 0.6) is 0 Å². The largest absolute Gasteiger partial charge is 0.461 e. The van der Waals surface area contributed by atoms with Gasteiger partial charge >= 0.3 is 5.97 Å². The second-order valence-electron chi connectivity index (χ2n) is 5.64. The Hall–Kier alpha value is -1.09. The molecule has 3 heteroatoms. The number of allylic oxidation sites excluding steroid dienone is 1. The SMILES string of the molecule is C=C(C)[C@H]1C/C=C(/C)[C@@H](O)CC[C@@H]2C[C@H]1OC2=O. The van der Waals surface area contributed by atoms with Gasteiger partial charge in [0.1, 0.15) is 6.10 Å². The number of aliphatic hydroxyl groups is 1. The number of ether oxygens (including phenoxy) is 1. The molecule has 2 rings (SSSR count). The van der Waals surface area contributed by atoms with Crippen LogP contribution in [0.4, 0.5) is 0 Å². The van der Waals surface area contributed by atoms with Gasteiger partial charge in [-0.25, -0.2) is 0 Å². The van der Waals surface area contributed by atoms with Crippen molar-refractivity contribution in [3.8, 4) is 0 Å². The Bertz CT molecular complexity index is 383. The lowest BCUT2D eigenvalue weighted by molar-refractivity contribution is -0.145. The average Bonchev–Trinajstić information content (AvgIpc) is 2.66. The van der Waals surface area contributed by atoms with Crippen molar-refractivity contribution in [2.75, 3.05) is 0 Å². The summed E-state index contributed by atoms with van der Waals surface area (Å²) in [5.41, 5.74) is 2.04. The van der Waals surface area contributed by atoms with Crippen LogP contribution < -0.4 is 0 Å². The minimum absolute atomic E-state index is 0.0284. The molecule has 0 unspecified atom stereocenters. The van der Waals surface area contributed by atoms with Gasteiger partial charge < -0.3 is 9.84 Å². The molecule has 1 saturated heterocycles. The molecule has 1 fully saturated rings. The molecule has 0 amide bonds. The first-order chi connectivity index (χ1) is 8.49. The van der Waals surface area contributed by atoms with E-state index in [1.165, 1.54) is 0 Å². The number of hydrogen-bond acceptors (Lipinski definition) is 3. The topological polar surface area (TPSA) is 46.5 Å². The Labute approximate surface area is 109 Å². The molecule has 1 aliphatic carbocycles. The molecule has 0 aromatic rings. The van der Waals surface area contributed by atoms with Crippen molar-refractivity contribution in [2.24, 2.45) is 11.8 Å². The lowest BCUT2D eigenvalue weighted by Crippen LogP contribution is -2.21. The van der Waals surface area contributed by atoms with E-state index < -0.39 is 6.10 Å². The lowest BCUT2D eigenvalue weighted by Gasteiger charge is -2.23. The standard InChI is InChI=1S/C15H22O3/c1-9(2)12-6-4-10(3)13(16)7-5-11-8-14(12)18-15(11)17/h4,11-14,16H,1,5-8H2,2-3H3/b10-4-/t11-,12-,13+,14-/m1/s1. The fourth-order valence-corrected chi connectivity index (χ4v) is 2.86. The van der Waals surface area contributed by atoms with E-state index in [9.17, 15) is 9.90 Å². The summed E-state index contributed by atoms with van der Waals surface area (Å²) in [4.78, 5) is 11.8. The van der Waals surface area contributed by atoms with Crippen molar-refractivity contribution in [1.82, 2.24) is 0 Å². The van der Waals surface area contributed by atoms with Gasteiger partial charge in [-0.15, -0.1) is 0 Å². The zero-order valence-corrected chi connectivity index (χ0v) is 11.2. The van der Waals surface area contributed by atoms with Gasteiger partial charge in [0.05, 0.1) is 12.0 Å². The number of aliphatic hydroxyl groups excluding tert-OH is 1. The monoisotopic (exact) mass is 250 g/mol. The van der Waals surface area contributed by atoms with Crippen LogP contribution in [0.3, 0.4) is 0 Å². The van der Waals surface area contributed by atoms with Gasteiger partial charge in [-0.2, -0.15) is 0 Å².